The van der Waals surface area contributed by atoms with Crippen LogP contribution in [0.4, 0.5) is 0 Å². The monoisotopic (exact) mass is 1030 g/mol. The topological polar surface area (TPSA) is 77.2 Å². The van der Waals surface area contributed by atoms with Crippen LogP contribution in [0.3, 0.4) is 0 Å². The minimum Gasteiger partial charge on any atom is -0.507 e. The summed E-state index contributed by atoms with van der Waals surface area (Å²) in [6.45, 7) is 8.98. The summed E-state index contributed by atoms with van der Waals surface area (Å²) in [4.78, 5) is 11.1. The molecule has 0 spiro atoms. The predicted molar refractivity (Wildman–Crippen MR) is 259 cm³/mol. The van der Waals surface area contributed by atoms with Crippen molar-refractivity contribution in [3.63, 3.8) is 0 Å². The van der Waals surface area contributed by atoms with Crippen molar-refractivity contribution in [2.75, 3.05) is 0 Å². The van der Waals surface area contributed by atoms with Crippen LogP contribution >= 0.6 is 0 Å². The normalized spacial score (nSPS) is 12.4. The summed E-state index contributed by atoms with van der Waals surface area (Å²) in [5, 5.41) is 15.6. The molecule has 1 aliphatic rings. The maximum atomic E-state index is 11.5. The van der Waals surface area contributed by atoms with Crippen molar-refractivity contribution in [3.8, 4) is 67.7 Å². The minimum atomic E-state index is 0. The van der Waals surface area contributed by atoms with Gasteiger partial charge in [-0.2, -0.15) is 0 Å². The molecule has 11 aromatic rings. The fourth-order valence-electron chi connectivity index (χ4n) is 9.73. The molecular weight excluding hydrogens is 982 g/mol. The molecule has 0 radical (unpaired) electrons. The molecule has 0 unspecified atom stereocenters. The maximum absolute atomic E-state index is 11.5. The molecule has 0 bridgehead atoms. The second-order valence-corrected chi connectivity index (χ2v) is 17.8. The number of phenolic OH excluding ortho intramolecular Hbond substituents is 1. The Morgan fingerprint density at radius 2 is 1.31 bits per heavy atom. The number of fused-ring (bicyclic) bond motifs is 9. The van der Waals surface area contributed by atoms with Gasteiger partial charge >= 0.3 is 0 Å². The zero-order valence-electron chi connectivity index (χ0n) is 36.4. The summed E-state index contributed by atoms with van der Waals surface area (Å²) in [7, 11) is 0. The first-order chi connectivity index (χ1) is 31.3. The molecule has 320 valence electrons. The second kappa shape index (κ2) is 15.9. The Labute approximate surface area is 391 Å². The van der Waals surface area contributed by atoms with Crippen molar-refractivity contribution in [2.45, 2.75) is 52.4 Å². The molecule has 4 aromatic heterocycles. The molecule has 0 aliphatic heterocycles. The van der Waals surface area contributed by atoms with E-state index in [1.54, 1.807) is 6.07 Å². The quantitative estimate of drug-likeness (QED) is 0.161. The molecule has 7 heteroatoms. The van der Waals surface area contributed by atoms with Gasteiger partial charge in [0.25, 0.3) is 0 Å². The zero-order chi connectivity index (χ0) is 43.2. The van der Waals surface area contributed by atoms with Crippen LogP contribution in [0, 0.1) is 6.07 Å². The predicted octanol–water partition coefficient (Wildman–Crippen LogP) is 15.2. The van der Waals surface area contributed by atoms with Crippen molar-refractivity contribution in [3.05, 3.63) is 180 Å². The average Bonchev–Trinajstić information content (AvgIpc) is 4.05. The van der Waals surface area contributed by atoms with Crippen LogP contribution in [-0.2, 0) is 33.9 Å². The number of pyridine rings is 1. The summed E-state index contributed by atoms with van der Waals surface area (Å²) in [6.07, 6.45) is 3.71. The van der Waals surface area contributed by atoms with Gasteiger partial charge in [0.05, 0.1) is 28.5 Å². The smallest absolute Gasteiger partial charge is 0.135 e. The number of rotatable bonds is 7. The van der Waals surface area contributed by atoms with Gasteiger partial charge in [-0.3, -0.25) is 4.98 Å². The van der Waals surface area contributed by atoms with E-state index in [0.717, 1.165) is 118 Å². The van der Waals surface area contributed by atoms with Crippen LogP contribution in [0.15, 0.2) is 161 Å². The van der Waals surface area contributed by atoms with Crippen LogP contribution in [0.5, 0.6) is 5.75 Å². The molecule has 1 N–H and O–H groups in total. The second-order valence-electron chi connectivity index (χ2n) is 17.8. The first-order valence-corrected chi connectivity index (χ1v) is 22.2. The third-order valence-electron chi connectivity index (χ3n) is 13.1. The number of aromatic hydroxyl groups is 1. The molecular formula is C58H44N3O3Pt-. The van der Waals surface area contributed by atoms with E-state index >= 15 is 0 Å². The molecule has 0 atom stereocenters. The Kier molecular flexibility index (Phi) is 9.97. The van der Waals surface area contributed by atoms with E-state index in [-0.39, 0.29) is 26.8 Å². The molecule has 4 heterocycles. The Balaban J connectivity index is 0.00000469. The molecule has 0 amide bonds. The molecule has 1 aliphatic carbocycles. The van der Waals surface area contributed by atoms with Crippen molar-refractivity contribution in [2.24, 2.45) is 0 Å². The van der Waals surface area contributed by atoms with Gasteiger partial charge in [-0.15, -0.1) is 12.1 Å². The zero-order valence-corrected chi connectivity index (χ0v) is 38.7. The number of furan rings is 2. The number of phenols is 1. The number of aromatic nitrogens is 3. The van der Waals surface area contributed by atoms with E-state index in [2.05, 4.69) is 148 Å². The Bertz CT molecular complexity index is 3620. The van der Waals surface area contributed by atoms with E-state index in [1.165, 1.54) is 11.1 Å². The van der Waals surface area contributed by atoms with Gasteiger partial charge in [-0.1, -0.05) is 130 Å². The van der Waals surface area contributed by atoms with E-state index in [0.29, 0.717) is 23.2 Å². The van der Waals surface area contributed by atoms with Crippen molar-refractivity contribution in [1.82, 2.24) is 14.5 Å². The molecule has 0 fully saturated rings. The Morgan fingerprint density at radius 3 is 2.11 bits per heavy atom. The number of benzene rings is 7. The van der Waals surface area contributed by atoms with Gasteiger partial charge in [0.2, 0.25) is 0 Å². The van der Waals surface area contributed by atoms with Gasteiger partial charge < -0.3 is 18.5 Å². The van der Waals surface area contributed by atoms with Crippen molar-refractivity contribution in [1.29, 1.82) is 0 Å². The van der Waals surface area contributed by atoms with Crippen molar-refractivity contribution < 1.29 is 35.0 Å². The van der Waals surface area contributed by atoms with Gasteiger partial charge in [-0.25, -0.2) is 4.98 Å². The molecule has 6 nitrogen and oxygen atoms in total. The van der Waals surface area contributed by atoms with E-state index in [4.69, 9.17) is 18.8 Å². The van der Waals surface area contributed by atoms with E-state index < -0.39 is 0 Å². The van der Waals surface area contributed by atoms with E-state index in [1.807, 2.05) is 36.4 Å². The van der Waals surface area contributed by atoms with Crippen molar-refractivity contribution >= 4 is 43.9 Å². The van der Waals surface area contributed by atoms with Gasteiger partial charge in [0.1, 0.15) is 22.5 Å². The van der Waals surface area contributed by atoms with Crippen LogP contribution in [0.1, 0.15) is 61.8 Å². The number of aryl methyl sites for hydroxylation is 1. The summed E-state index contributed by atoms with van der Waals surface area (Å²) < 4.78 is 15.1. The fourth-order valence-corrected chi connectivity index (χ4v) is 9.73. The third-order valence-corrected chi connectivity index (χ3v) is 13.1. The maximum Gasteiger partial charge on any atom is 0.135 e. The molecule has 12 rings (SSSR count). The summed E-state index contributed by atoms with van der Waals surface area (Å²) in [5.41, 5.74) is 17.2. The average molecular weight is 1030 g/mol. The van der Waals surface area contributed by atoms with E-state index in [9.17, 15) is 5.11 Å². The Hall–Kier alpha value is -7.01. The SMILES string of the molecule is CC(C)c1cc(C(C)C)cc(-n2cc(-c3cc(-c4ccc5oc6ccccc6c5c4)c4c(n3)-c3c(O)cccc3CC4)nc2-c2[c-]ccc3oc4ccc(-c5ccccc5)cc4c23)c1.[Pt]. The van der Waals surface area contributed by atoms with Gasteiger partial charge in [0.15, 0.2) is 0 Å². The summed E-state index contributed by atoms with van der Waals surface area (Å²) in [5.74, 6) is 1.59. The van der Waals surface area contributed by atoms with Crippen LogP contribution in [0.25, 0.3) is 106 Å². The number of hydrogen-bond acceptors (Lipinski definition) is 5. The number of imidazole rings is 1. The minimum absolute atomic E-state index is 0. The molecule has 7 aromatic carbocycles. The summed E-state index contributed by atoms with van der Waals surface area (Å²) >= 11 is 0. The molecule has 65 heavy (non-hydrogen) atoms. The first-order valence-electron chi connectivity index (χ1n) is 22.2. The van der Waals surface area contributed by atoms with Gasteiger partial charge in [0, 0.05) is 49.3 Å². The molecule has 0 saturated carbocycles. The first kappa shape index (κ1) is 40.7. The largest absolute Gasteiger partial charge is 0.507 e. The summed E-state index contributed by atoms with van der Waals surface area (Å²) in [6, 6.07) is 54.0. The molecule has 0 saturated heterocycles. The Morgan fingerprint density at radius 1 is 0.600 bits per heavy atom. The van der Waals surface area contributed by atoms with Crippen LogP contribution in [-0.4, -0.2) is 19.6 Å². The van der Waals surface area contributed by atoms with Gasteiger partial charge in [-0.05, 0) is 123 Å². The number of nitrogens with zero attached hydrogens (tertiary/aromatic N) is 3. The third kappa shape index (κ3) is 6.82. The fraction of sp³-hybridized carbons (Fsp3) is 0.138. The number of para-hydroxylation sites is 1. The van der Waals surface area contributed by atoms with Crippen LogP contribution < -0.4 is 0 Å². The standard InChI is InChI=1S/C58H44N3O3.Pt/c1-33(2)39-26-40(34(3)4)28-41(27-39)61-32-49(60-58(61)44-16-11-19-54-56(44)47-29-37(21-24-53(47)64-54)35-12-6-5-7-13-35)48-31-45(43-23-20-36-14-10-17-50(62)55(36)57(43)59-48)38-22-25-52-46(30-38)42-15-8-9-18-51(42)63-52;/h5-15,17-19,21-22,24-34,62H,20,23H2,1-4H3;/q-1;. The number of hydrogen-bond donors (Lipinski definition) is 1. The van der Waals surface area contributed by atoms with Crippen LogP contribution in [0.2, 0.25) is 0 Å².